The highest BCUT2D eigenvalue weighted by Gasteiger charge is 2.32. The molecule has 0 amide bonds. The molecular formula is C21H17N4O+. The highest BCUT2D eigenvalue weighted by molar-refractivity contribution is 5.62. The molecule has 0 saturated heterocycles. The van der Waals surface area contributed by atoms with Crippen molar-refractivity contribution in [2.45, 2.75) is 6.10 Å². The highest BCUT2D eigenvalue weighted by atomic mass is 16.5. The Morgan fingerprint density at radius 3 is 2.42 bits per heavy atom. The van der Waals surface area contributed by atoms with Gasteiger partial charge >= 0.3 is 0 Å². The second kappa shape index (κ2) is 5.81. The largest absolute Gasteiger partial charge is 0.475 e. The Morgan fingerprint density at radius 1 is 0.885 bits per heavy atom. The van der Waals surface area contributed by atoms with Crippen LogP contribution in [-0.4, -0.2) is 14.8 Å². The molecule has 0 fully saturated rings. The summed E-state index contributed by atoms with van der Waals surface area (Å²) in [6.45, 7) is 0. The quantitative estimate of drug-likeness (QED) is 0.526. The molecule has 0 unspecified atom stereocenters. The highest BCUT2D eigenvalue weighted by Crippen LogP contribution is 2.40. The van der Waals surface area contributed by atoms with Crippen LogP contribution in [0.4, 0.5) is 0 Å². The van der Waals surface area contributed by atoms with Crippen molar-refractivity contribution in [1.29, 1.82) is 0 Å². The molecule has 0 saturated carbocycles. The molecule has 3 heterocycles. The predicted octanol–water partition coefficient (Wildman–Crippen LogP) is 3.24. The van der Waals surface area contributed by atoms with Crippen molar-refractivity contribution in [1.82, 2.24) is 14.8 Å². The fourth-order valence-electron chi connectivity index (χ4n) is 3.31. The Kier molecular flexibility index (Phi) is 3.31. The molecule has 1 aliphatic rings. The third-order valence-electron chi connectivity index (χ3n) is 4.61. The van der Waals surface area contributed by atoms with Gasteiger partial charge in [0.25, 0.3) is 0 Å². The number of aromatic nitrogens is 4. The van der Waals surface area contributed by atoms with Crippen molar-refractivity contribution in [3.63, 3.8) is 0 Å². The summed E-state index contributed by atoms with van der Waals surface area (Å²) >= 11 is 0. The molecule has 1 atom stereocenters. The van der Waals surface area contributed by atoms with E-state index in [1.165, 1.54) is 0 Å². The van der Waals surface area contributed by atoms with E-state index in [0.29, 0.717) is 0 Å². The lowest BCUT2D eigenvalue weighted by molar-refractivity contribution is -0.671. The number of nitrogens with zero attached hydrogens (tertiary/aromatic N) is 4. The van der Waals surface area contributed by atoms with E-state index in [4.69, 9.17) is 4.74 Å². The smallest absolute Gasteiger partial charge is 0.184 e. The van der Waals surface area contributed by atoms with Crippen LogP contribution in [0.2, 0.25) is 0 Å². The van der Waals surface area contributed by atoms with E-state index < -0.39 is 0 Å². The van der Waals surface area contributed by atoms with E-state index in [2.05, 4.69) is 26.9 Å². The van der Waals surface area contributed by atoms with Crippen molar-refractivity contribution in [2.24, 2.45) is 7.05 Å². The lowest BCUT2D eigenvalue weighted by Gasteiger charge is -2.27. The van der Waals surface area contributed by atoms with Crippen LogP contribution >= 0.6 is 0 Å². The SMILES string of the molecule is C[n+]1ccc(-c2nnc3n2-c2ccccc2O[C@@H]3c2ccccc2)cc1. The van der Waals surface area contributed by atoms with Crippen LogP contribution in [0.1, 0.15) is 17.5 Å². The van der Waals surface area contributed by atoms with Gasteiger partial charge in [-0.1, -0.05) is 42.5 Å². The number of ether oxygens (including phenoxy) is 1. The fraction of sp³-hybridized carbons (Fsp3) is 0.0952. The van der Waals surface area contributed by atoms with E-state index in [0.717, 1.165) is 34.2 Å². The monoisotopic (exact) mass is 341 g/mol. The van der Waals surface area contributed by atoms with Crippen LogP contribution in [0, 0.1) is 0 Å². The van der Waals surface area contributed by atoms with Gasteiger partial charge < -0.3 is 4.74 Å². The van der Waals surface area contributed by atoms with E-state index in [1.807, 2.05) is 78.6 Å². The van der Waals surface area contributed by atoms with Gasteiger partial charge in [0.2, 0.25) is 0 Å². The fourth-order valence-corrected chi connectivity index (χ4v) is 3.31. The zero-order valence-electron chi connectivity index (χ0n) is 14.3. The van der Waals surface area contributed by atoms with Gasteiger partial charge in [0.05, 0.1) is 5.69 Å². The van der Waals surface area contributed by atoms with Crippen LogP contribution in [0.3, 0.4) is 0 Å². The van der Waals surface area contributed by atoms with E-state index in [-0.39, 0.29) is 6.10 Å². The maximum absolute atomic E-state index is 6.29. The number of aryl methyl sites for hydroxylation is 1. The Labute approximate surface area is 151 Å². The average Bonchev–Trinajstić information content (AvgIpc) is 3.14. The van der Waals surface area contributed by atoms with Crippen LogP contribution in [0.5, 0.6) is 5.75 Å². The third-order valence-corrected chi connectivity index (χ3v) is 4.61. The first kappa shape index (κ1) is 14.8. The topological polar surface area (TPSA) is 43.8 Å². The van der Waals surface area contributed by atoms with Gasteiger partial charge in [-0.05, 0) is 12.1 Å². The number of rotatable bonds is 2. The van der Waals surface area contributed by atoms with Gasteiger partial charge in [-0.2, -0.15) is 0 Å². The molecule has 4 aromatic rings. The Balaban J connectivity index is 1.74. The number of hydrogen-bond acceptors (Lipinski definition) is 3. The Morgan fingerprint density at radius 2 is 1.62 bits per heavy atom. The zero-order valence-corrected chi connectivity index (χ0v) is 14.3. The van der Waals surface area contributed by atoms with Gasteiger partial charge in [-0.3, -0.25) is 4.57 Å². The normalized spacial score (nSPS) is 15.0. The van der Waals surface area contributed by atoms with Crippen LogP contribution in [0.15, 0.2) is 79.1 Å². The number of benzene rings is 2. The summed E-state index contributed by atoms with van der Waals surface area (Å²) in [4.78, 5) is 0. The molecule has 0 aliphatic carbocycles. The molecule has 2 aromatic carbocycles. The molecule has 0 radical (unpaired) electrons. The van der Waals surface area contributed by atoms with Gasteiger partial charge in [0.15, 0.2) is 30.1 Å². The maximum atomic E-state index is 6.29. The summed E-state index contributed by atoms with van der Waals surface area (Å²) in [5, 5.41) is 8.99. The number of fused-ring (bicyclic) bond motifs is 3. The minimum atomic E-state index is -0.285. The molecule has 0 spiro atoms. The number of para-hydroxylation sites is 2. The molecule has 1 aliphatic heterocycles. The first-order chi connectivity index (χ1) is 12.8. The first-order valence-electron chi connectivity index (χ1n) is 8.53. The molecule has 5 heteroatoms. The summed E-state index contributed by atoms with van der Waals surface area (Å²) in [6.07, 6.45) is 3.74. The molecule has 5 rings (SSSR count). The lowest BCUT2D eigenvalue weighted by atomic mass is 10.1. The summed E-state index contributed by atoms with van der Waals surface area (Å²) in [7, 11) is 2.00. The van der Waals surface area contributed by atoms with Crippen molar-refractivity contribution in [3.8, 4) is 22.8 Å². The average molecular weight is 341 g/mol. The van der Waals surface area contributed by atoms with Gasteiger partial charge in [0, 0.05) is 23.3 Å². The number of hydrogen-bond donors (Lipinski definition) is 0. The molecule has 5 nitrogen and oxygen atoms in total. The predicted molar refractivity (Wildman–Crippen MR) is 96.9 cm³/mol. The van der Waals surface area contributed by atoms with Crippen LogP contribution < -0.4 is 9.30 Å². The van der Waals surface area contributed by atoms with E-state index in [1.54, 1.807) is 0 Å². The van der Waals surface area contributed by atoms with E-state index in [9.17, 15) is 0 Å². The Bertz CT molecular complexity index is 1070. The summed E-state index contributed by atoms with van der Waals surface area (Å²) in [5.74, 6) is 2.44. The molecule has 0 N–H and O–H groups in total. The second-order valence-electron chi connectivity index (χ2n) is 6.35. The second-order valence-corrected chi connectivity index (χ2v) is 6.35. The standard InChI is InChI=1S/C21H17N4O/c1-24-13-11-16(12-14-24)20-22-23-21-19(15-7-3-2-4-8-15)26-18-10-6-5-9-17(18)25(20)21/h2-14,19H,1H3/q+1/t19-/m1/s1. The minimum Gasteiger partial charge on any atom is -0.475 e. The van der Waals surface area contributed by atoms with E-state index >= 15 is 0 Å². The van der Waals surface area contributed by atoms with Crippen LogP contribution in [0.25, 0.3) is 17.1 Å². The zero-order chi connectivity index (χ0) is 17.5. The molecule has 26 heavy (non-hydrogen) atoms. The summed E-state index contributed by atoms with van der Waals surface area (Å²) in [6, 6.07) is 22.2. The summed E-state index contributed by atoms with van der Waals surface area (Å²) < 4.78 is 10.4. The molecular weight excluding hydrogens is 324 g/mol. The third kappa shape index (κ3) is 2.29. The van der Waals surface area contributed by atoms with Gasteiger partial charge in [0.1, 0.15) is 12.8 Å². The number of pyridine rings is 1. The van der Waals surface area contributed by atoms with Gasteiger partial charge in [-0.25, -0.2) is 4.57 Å². The Hall–Kier alpha value is -3.47. The lowest BCUT2D eigenvalue weighted by Crippen LogP contribution is -2.26. The molecule has 2 aromatic heterocycles. The van der Waals surface area contributed by atoms with Crippen LogP contribution in [-0.2, 0) is 7.05 Å². The van der Waals surface area contributed by atoms with Crippen molar-refractivity contribution in [3.05, 3.63) is 90.5 Å². The molecule has 0 bridgehead atoms. The van der Waals surface area contributed by atoms with Crippen molar-refractivity contribution in [2.75, 3.05) is 0 Å². The summed E-state index contributed by atoms with van der Waals surface area (Å²) in [5.41, 5.74) is 3.04. The van der Waals surface area contributed by atoms with Crippen molar-refractivity contribution >= 4 is 0 Å². The van der Waals surface area contributed by atoms with Crippen molar-refractivity contribution < 1.29 is 9.30 Å². The minimum absolute atomic E-state index is 0.285. The molecule has 126 valence electrons. The first-order valence-corrected chi connectivity index (χ1v) is 8.53. The van der Waals surface area contributed by atoms with Gasteiger partial charge in [-0.15, -0.1) is 10.2 Å². The maximum Gasteiger partial charge on any atom is 0.184 e.